The molecule has 1 rings (SSSR count). The molecular weight excluding hydrogens is 240 g/mol. The Hall–Kier alpha value is -0.0300. The lowest BCUT2D eigenvalue weighted by Crippen LogP contribution is -2.20. The van der Waals surface area contributed by atoms with Gasteiger partial charge in [0.25, 0.3) is 0 Å². The number of aliphatic hydroxyl groups is 1. The van der Waals surface area contributed by atoms with E-state index in [1.807, 2.05) is 13.8 Å². The van der Waals surface area contributed by atoms with Crippen LogP contribution in [0.15, 0.2) is 17.5 Å². The molecule has 16 heavy (non-hydrogen) atoms. The van der Waals surface area contributed by atoms with Crippen LogP contribution in [0.4, 0.5) is 0 Å². The molecule has 1 heterocycles. The van der Waals surface area contributed by atoms with Crippen molar-refractivity contribution in [3.05, 3.63) is 22.4 Å². The summed E-state index contributed by atoms with van der Waals surface area (Å²) in [6.07, 6.45) is -0.177. The average Bonchev–Trinajstić information content (AvgIpc) is 2.76. The molecule has 0 amide bonds. The molecule has 0 aliphatic carbocycles. The van der Waals surface area contributed by atoms with Crippen molar-refractivity contribution >= 4 is 23.1 Å². The molecular formula is C12H20O2S2. The van der Waals surface area contributed by atoms with E-state index in [0.29, 0.717) is 11.9 Å². The average molecular weight is 260 g/mol. The Balaban J connectivity index is 2.19. The van der Waals surface area contributed by atoms with Crippen molar-refractivity contribution in [2.75, 3.05) is 12.4 Å². The fourth-order valence-corrected chi connectivity index (χ4v) is 3.10. The minimum absolute atomic E-state index is 0.189. The van der Waals surface area contributed by atoms with E-state index in [9.17, 15) is 5.11 Å². The van der Waals surface area contributed by atoms with Crippen LogP contribution in [-0.4, -0.2) is 29.7 Å². The second kappa shape index (κ2) is 7.33. The second-order valence-corrected chi connectivity index (χ2v) is 6.38. The number of hydrogen-bond donors (Lipinski definition) is 1. The van der Waals surface area contributed by atoms with Crippen LogP contribution in [0, 0.1) is 0 Å². The van der Waals surface area contributed by atoms with Gasteiger partial charge in [0.1, 0.15) is 0 Å². The Kier molecular flexibility index (Phi) is 6.43. The molecule has 4 heteroatoms. The number of rotatable bonds is 7. The lowest BCUT2D eigenvalue weighted by molar-refractivity contribution is 0.0152. The number of thiophene rings is 1. The van der Waals surface area contributed by atoms with Gasteiger partial charge >= 0.3 is 0 Å². The standard InChI is InChI=1S/C12H20O2S2/c1-9(2)14-7-11(13)8-16-10(3)12-5-4-6-15-12/h4-6,9-11,13H,7-8H2,1-3H3. The van der Waals surface area contributed by atoms with Gasteiger partial charge in [0.15, 0.2) is 0 Å². The normalized spacial score (nSPS) is 15.3. The fraction of sp³-hybridized carbons (Fsp3) is 0.667. The summed E-state index contributed by atoms with van der Waals surface area (Å²) in [5, 5.41) is 12.2. The SMILES string of the molecule is CC(C)OCC(O)CSC(C)c1cccs1. The van der Waals surface area contributed by atoms with Gasteiger partial charge in [-0.2, -0.15) is 11.8 Å². The van der Waals surface area contributed by atoms with Crippen molar-refractivity contribution in [3.8, 4) is 0 Å². The van der Waals surface area contributed by atoms with Gasteiger partial charge in [-0.05, 0) is 32.2 Å². The summed E-state index contributed by atoms with van der Waals surface area (Å²) in [7, 11) is 0. The van der Waals surface area contributed by atoms with E-state index < -0.39 is 0 Å². The van der Waals surface area contributed by atoms with Crippen molar-refractivity contribution in [1.29, 1.82) is 0 Å². The van der Waals surface area contributed by atoms with E-state index in [4.69, 9.17) is 4.74 Å². The van der Waals surface area contributed by atoms with Crippen LogP contribution in [0.3, 0.4) is 0 Å². The van der Waals surface area contributed by atoms with E-state index in [2.05, 4.69) is 24.4 Å². The summed E-state index contributed by atoms with van der Waals surface area (Å²) in [5.74, 6) is 0.728. The quantitative estimate of drug-likeness (QED) is 0.815. The fourth-order valence-electron chi connectivity index (χ4n) is 1.21. The number of hydrogen-bond acceptors (Lipinski definition) is 4. The van der Waals surface area contributed by atoms with Gasteiger partial charge in [-0.1, -0.05) is 6.07 Å². The minimum Gasteiger partial charge on any atom is -0.390 e. The first-order valence-electron chi connectivity index (χ1n) is 5.54. The third-order valence-electron chi connectivity index (χ3n) is 2.10. The predicted molar refractivity (Wildman–Crippen MR) is 72.3 cm³/mol. The van der Waals surface area contributed by atoms with Crippen molar-refractivity contribution in [2.45, 2.75) is 38.2 Å². The molecule has 0 aliphatic rings. The molecule has 0 aliphatic heterocycles. The van der Waals surface area contributed by atoms with Gasteiger partial charge < -0.3 is 9.84 Å². The topological polar surface area (TPSA) is 29.5 Å². The molecule has 1 N–H and O–H groups in total. The molecule has 0 saturated carbocycles. The summed E-state index contributed by atoms with van der Waals surface area (Å²) < 4.78 is 5.37. The third-order valence-corrected chi connectivity index (χ3v) is 4.64. The third kappa shape index (κ3) is 5.34. The molecule has 92 valence electrons. The molecule has 0 spiro atoms. The van der Waals surface area contributed by atoms with Gasteiger partial charge in [0.2, 0.25) is 0 Å². The van der Waals surface area contributed by atoms with Gasteiger partial charge in [0.05, 0.1) is 18.8 Å². The smallest absolute Gasteiger partial charge is 0.0864 e. The molecule has 0 aromatic carbocycles. The zero-order valence-electron chi connectivity index (χ0n) is 10.1. The zero-order chi connectivity index (χ0) is 12.0. The Bertz CT molecular complexity index is 273. The van der Waals surface area contributed by atoms with Gasteiger partial charge in [-0.15, -0.1) is 11.3 Å². The molecule has 0 radical (unpaired) electrons. The first-order valence-corrected chi connectivity index (χ1v) is 7.47. The van der Waals surface area contributed by atoms with E-state index in [1.165, 1.54) is 4.88 Å². The lowest BCUT2D eigenvalue weighted by atomic mass is 10.4. The van der Waals surface area contributed by atoms with Gasteiger partial charge in [-0.3, -0.25) is 0 Å². The van der Waals surface area contributed by atoms with E-state index in [1.54, 1.807) is 23.1 Å². The summed E-state index contributed by atoms with van der Waals surface area (Å²) >= 11 is 3.54. The monoisotopic (exact) mass is 260 g/mol. The van der Waals surface area contributed by atoms with Crippen LogP contribution in [-0.2, 0) is 4.74 Å². The van der Waals surface area contributed by atoms with E-state index in [0.717, 1.165) is 5.75 Å². The molecule has 1 aromatic rings. The molecule has 0 bridgehead atoms. The zero-order valence-corrected chi connectivity index (χ0v) is 11.7. The highest BCUT2D eigenvalue weighted by Crippen LogP contribution is 2.31. The van der Waals surface area contributed by atoms with Crippen LogP contribution in [0.1, 0.15) is 30.9 Å². The van der Waals surface area contributed by atoms with Crippen LogP contribution >= 0.6 is 23.1 Å². The van der Waals surface area contributed by atoms with Crippen molar-refractivity contribution < 1.29 is 9.84 Å². The number of ether oxygens (including phenoxy) is 1. The number of aliphatic hydroxyl groups excluding tert-OH is 1. The molecule has 0 saturated heterocycles. The summed E-state index contributed by atoms with van der Waals surface area (Å²) in [6.45, 7) is 6.57. The Morgan fingerprint density at radius 3 is 2.75 bits per heavy atom. The lowest BCUT2D eigenvalue weighted by Gasteiger charge is -2.15. The molecule has 2 atom stereocenters. The maximum absolute atomic E-state index is 9.70. The number of thioether (sulfide) groups is 1. The van der Waals surface area contributed by atoms with Crippen LogP contribution < -0.4 is 0 Å². The van der Waals surface area contributed by atoms with Crippen LogP contribution in [0.2, 0.25) is 0 Å². The van der Waals surface area contributed by atoms with E-state index in [-0.39, 0.29) is 12.2 Å². The Morgan fingerprint density at radius 2 is 2.19 bits per heavy atom. The van der Waals surface area contributed by atoms with Crippen LogP contribution in [0.5, 0.6) is 0 Å². The molecule has 1 aromatic heterocycles. The van der Waals surface area contributed by atoms with Crippen LogP contribution in [0.25, 0.3) is 0 Å². The molecule has 2 nitrogen and oxygen atoms in total. The summed E-state index contributed by atoms with van der Waals surface area (Å²) in [6, 6.07) is 4.20. The largest absolute Gasteiger partial charge is 0.390 e. The highest BCUT2D eigenvalue weighted by atomic mass is 32.2. The molecule has 0 fully saturated rings. The molecule has 2 unspecified atom stereocenters. The van der Waals surface area contributed by atoms with Crippen molar-refractivity contribution in [1.82, 2.24) is 0 Å². The highest BCUT2D eigenvalue weighted by molar-refractivity contribution is 7.99. The van der Waals surface area contributed by atoms with Gasteiger partial charge in [-0.25, -0.2) is 0 Å². The Labute approximate surface area is 106 Å². The predicted octanol–water partition coefficient (Wildman–Crippen LogP) is 3.33. The second-order valence-electron chi connectivity index (χ2n) is 4.03. The maximum Gasteiger partial charge on any atom is 0.0864 e. The maximum atomic E-state index is 9.70. The van der Waals surface area contributed by atoms with Gasteiger partial charge in [0, 0.05) is 15.9 Å². The highest BCUT2D eigenvalue weighted by Gasteiger charge is 2.11. The van der Waals surface area contributed by atoms with Crippen molar-refractivity contribution in [3.63, 3.8) is 0 Å². The first kappa shape index (κ1) is 14.0. The van der Waals surface area contributed by atoms with Crippen molar-refractivity contribution in [2.24, 2.45) is 0 Å². The minimum atomic E-state index is -0.366. The summed E-state index contributed by atoms with van der Waals surface area (Å²) in [4.78, 5) is 1.36. The first-order chi connectivity index (χ1) is 7.59. The van der Waals surface area contributed by atoms with E-state index >= 15 is 0 Å². The Morgan fingerprint density at radius 1 is 1.44 bits per heavy atom. The summed E-state index contributed by atoms with van der Waals surface area (Å²) in [5.41, 5.74) is 0.